The highest BCUT2D eigenvalue weighted by Crippen LogP contribution is 2.57. The Balaban J connectivity index is 2.57. The summed E-state index contributed by atoms with van der Waals surface area (Å²) in [5.74, 6) is -0.592. The van der Waals surface area contributed by atoms with Crippen molar-refractivity contribution >= 4 is 12.3 Å². The van der Waals surface area contributed by atoms with Crippen LogP contribution in [0.5, 0.6) is 0 Å². The maximum atomic E-state index is 11.2. The van der Waals surface area contributed by atoms with Crippen molar-refractivity contribution in [2.45, 2.75) is 20.8 Å². The monoisotopic (exact) mass is 170 g/mol. The molecule has 1 aliphatic carbocycles. The highest BCUT2D eigenvalue weighted by molar-refractivity contribution is 5.84. The fourth-order valence-corrected chi connectivity index (χ4v) is 1.61. The Hall–Kier alpha value is -0.860. The van der Waals surface area contributed by atoms with Gasteiger partial charge in [-0.1, -0.05) is 13.8 Å². The molecule has 0 spiro atoms. The molecule has 1 fully saturated rings. The standard InChI is InChI=1S/C9H14O3/c1-4-12-8(11)7-6(5-10)9(7,2)3/h5-7H,4H2,1-3H3/t6-,7-/m1/s1. The number of carbonyl (C=O) groups is 2. The molecule has 3 heteroatoms. The minimum absolute atomic E-state index is 0.142. The van der Waals surface area contributed by atoms with Gasteiger partial charge in [0.05, 0.1) is 12.5 Å². The Morgan fingerprint density at radius 2 is 2.17 bits per heavy atom. The number of rotatable bonds is 3. The van der Waals surface area contributed by atoms with Crippen molar-refractivity contribution in [2.75, 3.05) is 6.61 Å². The molecule has 2 atom stereocenters. The molecule has 1 rings (SSSR count). The van der Waals surface area contributed by atoms with Gasteiger partial charge in [0.1, 0.15) is 6.29 Å². The van der Waals surface area contributed by atoms with E-state index < -0.39 is 0 Å². The summed E-state index contributed by atoms with van der Waals surface area (Å²) in [4.78, 5) is 21.7. The first-order valence-corrected chi connectivity index (χ1v) is 4.17. The molecule has 3 nitrogen and oxygen atoms in total. The van der Waals surface area contributed by atoms with Gasteiger partial charge in [0.2, 0.25) is 0 Å². The van der Waals surface area contributed by atoms with E-state index in [4.69, 9.17) is 4.74 Å². The smallest absolute Gasteiger partial charge is 0.310 e. The SMILES string of the molecule is CCOC(=O)[C@H]1[C@@H](C=O)C1(C)C. The Bertz CT molecular complexity index is 208. The normalized spacial score (nSPS) is 30.9. The van der Waals surface area contributed by atoms with Crippen LogP contribution in [0, 0.1) is 17.3 Å². The van der Waals surface area contributed by atoms with Gasteiger partial charge < -0.3 is 9.53 Å². The largest absolute Gasteiger partial charge is 0.466 e. The van der Waals surface area contributed by atoms with E-state index in [1.54, 1.807) is 6.92 Å². The molecular formula is C9H14O3. The van der Waals surface area contributed by atoms with Crippen LogP contribution < -0.4 is 0 Å². The van der Waals surface area contributed by atoms with Gasteiger partial charge in [-0.25, -0.2) is 0 Å². The number of hydrogen-bond donors (Lipinski definition) is 0. The zero-order chi connectivity index (χ0) is 9.35. The third-order valence-electron chi connectivity index (χ3n) is 2.60. The van der Waals surface area contributed by atoms with Crippen LogP contribution >= 0.6 is 0 Å². The van der Waals surface area contributed by atoms with Gasteiger partial charge in [0.15, 0.2) is 0 Å². The highest BCUT2D eigenvalue weighted by atomic mass is 16.5. The summed E-state index contributed by atoms with van der Waals surface area (Å²) in [5, 5.41) is 0. The molecule has 0 heterocycles. The van der Waals surface area contributed by atoms with E-state index in [1.165, 1.54) is 0 Å². The first kappa shape index (κ1) is 9.23. The molecule has 0 N–H and O–H groups in total. The summed E-state index contributed by atoms with van der Waals surface area (Å²) in [6, 6.07) is 0. The van der Waals surface area contributed by atoms with Crippen LogP contribution in [0.25, 0.3) is 0 Å². The lowest BCUT2D eigenvalue weighted by Crippen LogP contribution is -2.10. The zero-order valence-corrected chi connectivity index (χ0v) is 7.66. The molecule has 1 aliphatic rings. The van der Waals surface area contributed by atoms with Crippen LogP contribution in [-0.2, 0) is 14.3 Å². The molecule has 0 aromatic heterocycles. The van der Waals surface area contributed by atoms with Crippen LogP contribution in [0.15, 0.2) is 0 Å². The van der Waals surface area contributed by atoms with Gasteiger partial charge in [0, 0.05) is 5.92 Å². The minimum Gasteiger partial charge on any atom is -0.466 e. The Morgan fingerprint density at radius 1 is 1.58 bits per heavy atom. The van der Waals surface area contributed by atoms with E-state index in [-0.39, 0.29) is 23.2 Å². The topological polar surface area (TPSA) is 43.4 Å². The van der Waals surface area contributed by atoms with Gasteiger partial charge in [-0.2, -0.15) is 0 Å². The van der Waals surface area contributed by atoms with Crippen molar-refractivity contribution in [3.8, 4) is 0 Å². The van der Waals surface area contributed by atoms with E-state index in [0.717, 1.165) is 6.29 Å². The lowest BCUT2D eigenvalue weighted by Gasteiger charge is -2.01. The molecule has 0 aliphatic heterocycles. The summed E-state index contributed by atoms with van der Waals surface area (Å²) in [6.07, 6.45) is 0.849. The lowest BCUT2D eigenvalue weighted by molar-refractivity contribution is -0.146. The van der Waals surface area contributed by atoms with Crippen LogP contribution in [0.3, 0.4) is 0 Å². The van der Waals surface area contributed by atoms with E-state index in [1.807, 2.05) is 13.8 Å². The maximum absolute atomic E-state index is 11.2. The molecule has 0 aromatic carbocycles. The first-order valence-electron chi connectivity index (χ1n) is 4.17. The van der Waals surface area contributed by atoms with Gasteiger partial charge in [0.25, 0.3) is 0 Å². The van der Waals surface area contributed by atoms with Crippen molar-refractivity contribution in [3.05, 3.63) is 0 Å². The van der Waals surface area contributed by atoms with Crippen LogP contribution in [0.1, 0.15) is 20.8 Å². The van der Waals surface area contributed by atoms with Crippen molar-refractivity contribution in [1.82, 2.24) is 0 Å². The third-order valence-corrected chi connectivity index (χ3v) is 2.60. The molecule has 12 heavy (non-hydrogen) atoms. The summed E-state index contributed by atoms with van der Waals surface area (Å²) >= 11 is 0. The van der Waals surface area contributed by atoms with Crippen molar-refractivity contribution in [3.63, 3.8) is 0 Å². The Labute approximate surface area is 72.1 Å². The first-order chi connectivity index (χ1) is 5.55. The fraction of sp³-hybridized carbons (Fsp3) is 0.778. The number of aldehydes is 1. The van der Waals surface area contributed by atoms with E-state index in [0.29, 0.717) is 6.61 Å². The summed E-state index contributed by atoms with van der Waals surface area (Å²) in [6.45, 7) is 5.97. The quantitative estimate of drug-likeness (QED) is 0.469. The number of hydrogen-bond acceptors (Lipinski definition) is 3. The Morgan fingerprint density at radius 3 is 2.50 bits per heavy atom. The second-order valence-corrected chi connectivity index (χ2v) is 3.71. The van der Waals surface area contributed by atoms with E-state index in [9.17, 15) is 9.59 Å². The predicted octanol–water partition coefficient (Wildman–Crippen LogP) is 1.02. The van der Waals surface area contributed by atoms with Crippen LogP contribution in [0.4, 0.5) is 0 Å². The fourth-order valence-electron chi connectivity index (χ4n) is 1.61. The average molecular weight is 170 g/mol. The number of ether oxygens (including phenoxy) is 1. The molecule has 0 saturated heterocycles. The molecule has 0 unspecified atom stereocenters. The maximum Gasteiger partial charge on any atom is 0.310 e. The molecule has 0 amide bonds. The second-order valence-electron chi connectivity index (χ2n) is 3.71. The minimum atomic E-state index is -0.236. The van der Waals surface area contributed by atoms with Crippen LogP contribution in [0.2, 0.25) is 0 Å². The summed E-state index contributed by atoms with van der Waals surface area (Å²) in [7, 11) is 0. The molecule has 0 radical (unpaired) electrons. The van der Waals surface area contributed by atoms with Gasteiger partial charge in [-0.05, 0) is 12.3 Å². The van der Waals surface area contributed by atoms with Crippen molar-refractivity contribution in [1.29, 1.82) is 0 Å². The molecular weight excluding hydrogens is 156 g/mol. The highest BCUT2D eigenvalue weighted by Gasteiger charge is 2.62. The van der Waals surface area contributed by atoms with Crippen LogP contribution in [-0.4, -0.2) is 18.9 Å². The average Bonchev–Trinajstić information content (AvgIpc) is 2.53. The van der Waals surface area contributed by atoms with E-state index in [2.05, 4.69) is 0 Å². The molecule has 0 bridgehead atoms. The van der Waals surface area contributed by atoms with E-state index >= 15 is 0 Å². The Kier molecular flexibility index (Phi) is 2.22. The van der Waals surface area contributed by atoms with Crippen molar-refractivity contribution < 1.29 is 14.3 Å². The predicted molar refractivity (Wildman–Crippen MR) is 43.5 cm³/mol. The number of carbonyl (C=O) groups excluding carboxylic acids is 2. The molecule has 1 saturated carbocycles. The third kappa shape index (κ3) is 1.24. The summed E-state index contributed by atoms with van der Waals surface area (Å²) < 4.78 is 4.84. The van der Waals surface area contributed by atoms with Gasteiger partial charge in [-0.3, -0.25) is 4.79 Å². The molecule has 68 valence electrons. The van der Waals surface area contributed by atoms with Gasteiger partial charge >= 0.3 is 5.97 Å². The lowest BCUT2D eigenvalue weighted by atomic mass is 10.1. The second kappa shape index (κ2) is 2.88. The zero-order valence-electron chi connectivity index (χ0n) is 7.66. The molecule has 0 aromatic rings. The number of esters is 1. The van der Waals surface area contributed by atoms with Gasteiger partial charge in [-0.15, -0.1) is 0 Å². The van der Waals surface area contributed by atoms with Crippen molar-refractivity contribution in [2.24, 2.45) is 17.3 Å². The summed E-state index contributed by atoms with van der Waals surface area (Å²) in [5.41, 5.74) is -0.187.